The number of hydrogen-bond acceptors (Lipinski definition) is 2. The van der Waals surface area contributed by atoms with Crippen molar-refractivity contribution in [1.29, 1.82) is 0 Å². The first kappa shape index (κ1) is 20.0. The highest BCUT2D eigenvalue weighted by Crippen LogP contribution is 2.35. The van der Waals surface area contributed by atoms with Gasteiger partial charge in [0.2, 0.25) is 5.91 Å². The van der Waals surface area contributed by atoms with Crippen LogP contribution in [0.1, 0.15) is 58.4 Å². The maximum atomic E-state index is 13.5. The van der Waals surface area contributed by atoms with Crippen LogP contribution in [0.2, 0.25) is 0 Å². The average molecular weight is 346 g/mol. The zero-order valence-electron chi connectivity index (χ0n) is 16.6. The number of nitrogens with zero attached hydrogens (tertiary/aromatic N) is 1. The molecule has 0 radical (unpaired) electrons. The van der Waals surface area contributed by atoms with Crippen molar-refractivity contribution in [2.75, 3.05) is 20.3 Å². The molecular weight excluding hydrogens is 310 g/mol. The normalized spacial score (nSPS) is 23.0. The molecule has 2 rings (SSSR count). The van der Waals surface area contributed by atoms with Crippen LogP contribution >= 0.6 is 0 Å². The van der Waals surface area contributed by atoms with Crippen molar-refractivity contribution in [1.82, 2.24) is 4.90 Å². The van der Waals surface area contributed by atoms with Crippen LogP contribution < -0.4 is 0 Å². The molecule has 1 saturated heterocycles. The van der Waals surface area contributed by atoms with E-state index in [4.69, 9.17) is 4.74 Å². The molecule has 25 heavy (non-hydrogen) atoms. The molecule has 0 saturated carbocycles. The molecule has 0 spiro atoms. The summed E-state index contributed by atoms with van der Waals surface area (Å²) in [6, 6.07) is 10.6. The lowest BCUT2D eigenvalue weighted by atomic mass is 9.86. The van der Waals surface area contributed by atoms with E-state index in [1.165, 1.54) is 12.8 Å². The molecule has 0 aliphatic carbocycles. The van der Waals surface area contributed by atoms with Crippen LogP contribution in [0.5, 0.6) is 0 Å². The second-order valence-corrected chi connectivity index (χ2v) is 8.01. The minimum atomic E-state index is -0.0566. The van der Waals surface area contributed by atoms with Crippen LogP contribution in [0.4, 0.5) is 0 Å². The fourth-order valence-corrected chi connectivity index (χ4v) is 4.41. The van der Waals surface area contributed by atoms with Gasteiger partial charge in [-0.1, -0.05) is 64.4 Å². The van der Waals surface area contributed by atoms with E-state index < -0.39 is 0 Å². The summed E-state index contributed by atoms with van der Waals surface area (Å²) in [5.74, 6) is 1.53. The van der Waals surface area contributed by atoms with E-state index in [1.54, 1.807) is 7.11 Å². The topological polar surface area (TPSA) is 29.5 Å². The number of methoxy groups -OCH3 is 1. The summed E-state index contributed by atoms with van der Waals surface area (Å²) in [4.78, 5) is 15.7. The maximum absolute atomic E-state index is 13.5. The molecule has 140 valence electrons. The van der Waals surface area contributed by atoms with E-state index >= 15 is 0 Å². The van der Waals surface area contributed by atoms with E-state index in [-0.39, 0.29) is 5.92 Å². The Kier molecular flexibility index (Phi) is 7.49. The van der Waals surface area contributed by atoms with Crippen LogP contribution in [0, 0.1) is 17.8 Å². The maximum Gasteiger partial charge on any atom is 0.230 e. The third-order valence-corrected chi connectivity index (χ3v) is 5.61. The quantitative estimate of drug-likeness (QED) is 0.682. The summed E-state index contributed by atoms with van der Waals surface area (Å²) in [7, 11) is 1.76. The van der Waals surface area contributed by atoms with Gasteiger partial charge in [-0.15, -0.1) is 0 Å². The number of ether oxygens (including phenoxy) is 1. The van der Waals surface area contributed by atoms with Gasteiger partial charge >= 0.3 is 0 Å². The predicted molar refractivity (Wildman–Crippen MR) is 104 cm³/mol. The van der Waals surface area contributed by atoms with Gasteiger partial charge in [-0.25, -0.2) is 0 Å². The molecule has 0 N–H and O–H groups in total. The highest BCUT2D eigenvalue weighted by molar-refractivity contribution is 5.84. The van der Waals surface area contributed by atoms with Gasteiger partial charge in [0.1, 0.15) is 0 Å². The van der Waals surface area contributed by atoms with Crippen LogP contribution in [-0.2, 0) is 9.53 Å². The number of hydrogen-bond donors (Lipinski definition) is 0. The first-order valence-electron chi connectivity index (χ1n) is 9.83. The molecule has 1 amide bonds. The Hall–Kier alpha value is -1.35. The largest absolute Gasteiger partial charge is 0.384 e. The van der Waals surface area contributed by atoms with Gasteiger partial charge < -0.3 is 9.64 Å². The lowest BCUT2D eigenvalue weighted by Crippen LogP contribution is -2.43. The molecule has 3 unspecified atom stereocenters. The Labute approximate surface area is 153 Å². The van der Waals surface area contributed by atoms with Gasteiger partial charge in [-0.2, -0.15) is 0 Å². The molecule has 1 aliphatic rings. The number of rotatable bonds is 8. The van der Waals surface area contributed by atoms with Crippen molar-refractivity contribution in [2.45, 2.75) is 58.9 Å². The van der Waals surface area contributed by atoms with Crippen LogP contribution in [0.3, 0.4) is 0 Å². The predicted octanol–water partition coefficient (Wildman–Crippen LogP) is 4.73. The lowest BCUT2D eigenvalue weighted by molar-refractivity contribution is -0.135. The van der Waals surface area contributed by atoms with Crippen molar-refractivity contribution in [3.05, 3.63) is 35.9 Å². The van der Waals surface area contributed by atoms with Crippen LogP contribution in [0.15, 0.2) is 30.3 Å². The van der Waals surface area contributed by atoms with Crippen molar-refractivity contribution in [3.8, 4) is 0 Å². The van der Waals surface area contributed by atoms with E-state index in [2.05, 4.69) is 44.7 Å². The van der Waals surface area contributed by atoms with Crippen LogP contribution in [0.25, 0.3) is 0 Å². The van der Waals surface area contributed by atoms with Gasteiger partial charge in [0.05, 0.1) is 12.5 Å². The summed E-state index contributed by atoms with van der Waals surface area (Å²) in [6.07, 6.45) is 3.41. The Morgan fingerprint density at radius 1 is 1.24 bits per heavy atom. The molecular formula is C22H35NO2. The van der Waals surface area contributed by atoms with Gasteiger partial charge in [0.25, 0.3) is 0 Å². The summed E-state index contributed by atoms with van der Waals surface area (Å²) < 4.78 is 5.40. The fourth-order valence-electron chi connectivity index (χ4n) is 4.41. The number of likely N-dealkylation sites (tertiary alicyclic amines) is 1. The number of benzene rings is 1. The van der Waals surface area contributed by atoms with Gasteiger partial charge in [-0.05, 0) is 30.2 Å². The Morgan fingerprint density at radius 2 is 1.92 bits per heavy atom. The van der Waals surface area contributed by atoms with E-state index in [9.17, 15) is 4.79 Å². The molecule has 0 aromatic heterocycles. The third-order valence-electron chi connectivity index (χ3n) is 5.61. The van der Waals surface area contributed by atoms with Crippen molar-refractivity contribution in [3.63, 3.8) is 0 Å². The summed E-state index contributed by atoms with van der Waals surface area (Å²) in [6.45, 7) is 10.4. The van der Waals surface area contributed by atoms with Gasteiger partial charge in [-0.3, -0.25) is 4.79 Å². The highest BCUT2D eigenvalue weighted by Gasteiger charge is 2.41. The zero-order chi connectivity index (χ0) is 18.4. The Balaban J connectivity index is 2.25. The van der Waals surface area contributed by atoms with Crippen LogP contribution in [-0.4, -0.2) is 37.1 Å². The number of carbonyl (C=O) groups is 1. The average Bonchev–Trinajstić information content (AvgIpc) is 3.00. The third kappa shape index (κ3) is 4.84. The summed E-state index contributed by atoms with van der Waals surface area (Å²) in [5.41, 5.74) is 1.14. The Morgan fingerprint density at radius 3 is 2.48 bits per heavy atom. The Bertz CT molecular complexity index is 528. The molecule has 1 aromatic carbocycles. The smallest absolute Gasteiger partial charge is 0.230 e. The van der Waals surface area contributed by atoms with E-state index in [1.807, 2.05) is 18.2 Å². The molecule has 1 heterocycles. The van der Waals surface area contributed by atoms with Gasteiger partial charge in [0, 0.05) is 25.6 Å². The molecule has 4 atom stereocenters. The summed E-state index contributed by atoms with van der Waals surface area (Å²) in [5, 5.41) is 0. The SMILES string of the molecule is CCCC(C)[C@@H]1CC(COC)CN1C(=O)C(c1ccccc1)C(C)C. The van der Waals surface area contributed by atoms with Gasteiger partial charge in [0.15, 0.2) is 0 Å². The zero-order valence-corrected chi connectivity index (χ0v) is 16.6. The second-order valence-electron chi connectivity index (χ2n) is 8.01. The number of carbonyl (C=O) groups excluding carboxylic acids is 1. The summed E-state index contributed by atoms with van der Waals surface area (Å²) >= 11 is 0. The molecule has 3 heteroatoms. The van der Waals surface area contributed by atoms with E-state index in [0.29, 0.717) is 29.7 Å². The molecule has 3 nitrogen and oxygen atoms in total. The lowest BCUT2D eigenvalue weighted by Gasteiger charge is -2.34. The second kappa shape index (κ2) is 9.38. The number of amides is 1. The fraction of sp³-hybridized carbons (Fsp3) is 0.682. The monoisotopic (exact) mass is 345 g/mol. The van der Waals surface area contributed by atoms with E-state index in [0.717, 1.165) is 25.1 Å². The molecule has 1 aromatic rings. The molecule has 1 fully saturated rings. The minimum Gasteiger partial charge on any atom is -0.384 e. The highest BCUT2D eigenvalue weighted by atomic mass is 16.5. The molecule has 1 aliphatic heterocycles. The van der Waals surface area contributed by atoms with Crippen molar-refractivity contribution in [2.24, 2.45) is 17.8 Å². The van der Waals surface area contributed by atoms with Crippen molar-refractivity contribution >= 4 is 5.91 Å². The standard InChI is InChI=1S/C22H35NO2/c1-6-10-17(4)20-13-18(15-25-5)14-23(20)22(24)21(16(2)3)19-11-8-7-9-12-19/h7-9,11-12,16-18,20-21H,6,10,13-15H2,1-5H3/t17?,18?,20-,21?/m0/s1. The first-order valence-corrected chi connectivity index (χ1v) is 9.83. The van der Waals surface area contributed by atoms with Crippen molar-refractivity contribution < 1.29 is 9.53 Å². The molecule has 0 bridgehead atoms. The minimum absolute atomic E-state index is 0.0566. The first-order chi connectivity index (χ1) is 12.0.